The molecule has 5 nitrogen and oxygen atoms in total. The quantitative estimate of drug-likeness (QED) is 0.771. The summed E-state index contributed by atoms with van der Waals surface area (Å²) in [6.07, 6.45) is 3.73. The number of ether oxygens (including phenoxy) is 1. The summed E-state index contributed by atoms with van der Waals surface area (Å²) in [7, 11) is 0. The summed E-state index contributed by atoms with van der Waals surface area (Å²) in [4.78, 5) is 18.2. The molecule has 0 aliphatic heterocycles. The molecule has 0 saturated carbocycles. The van der Waals surface area contributed by atoms with E-state index in [0.29, 0.717) is 5.92 Å². The molecule has 1 aliphatic carbocycles. The minimum absolute atomic E-state index is 0.180. The van der Waals surface area contributed by atoms with Gasteiger partial charge in [-0.2, -0.15) is 0 Å². The van der Waals surface area contributed by atoms with E-state index in [4.69, 9.17) is 9.84 Å². The lowest BCUT2D eigenvalue weighted by Crippen LogP contribution is -2.07. The number of H-pyrrole nitrogens is 1. The molecule has 0 spiro atoms. The minimum Gasteiger partial charge on any atom is -0.449 e. The Balaban J connectivity index is 2.23. The van der Waals surface area contributed by atoms with Gasteiger partial charge < -0.3 is 14.8 Å². The summed E-state index contributed by atoms with van der Waals surface area (Å²) in [6.45, 7) is 4.08. The summed E-state index contributed by atoms with van der Waals surface area (Å²) in [5.74, 6) is 0.663. The van der Waals surface area contributed by atoms with Gasteiger partial charge in [-0.05, 0) is 37.7 Å². The summed E-state index contributed by atoms with van der Waals surface area (Å²) < 4.78 is 4.74. The second-order valence-corrected chi connectivity index (χ2v) is 5.16. The van der Waals surface area contributed by atoms with Crippen molar-refractivity contribution in [2.75, 3.05) is 0 Å². The molecular formula is C14H16N2O3. The van der Waals surface area contributed by atoms with Crippen LogP contribution in [0.3, 0.4) is 0 Å². The third-order valence-electron chi connectivity index (χ3n) is 3.90. The topological polar surface area (TPSA) is 75.2 Å². The van der Waals surface area contributed by atoms with E-state index in [1.807, 2.05) is 6.92 Å². The molecule has 0 amide bonds. The zero-order chi connectivity index (χ0) is 13.6. The molecule has 5 heteroatoms. The maximum Gasteiger partial charge on any atom is 0.512 e. The second-order valence-electron chi connectivity index (χ2n) is 5.16. The van der Waals surface area contributed by atoms with Crippen LogP contribution in [0.4, 0.5) is 4.79 Å². The number of pyridine rings is 1. The highest BCUT2D eigenvalue weighted by molar-refractivity contribution is 5.89. The van der Waals surface area contributed by atoms with Crippen molar-refractivity contribution < 1.29 is 14.6 Å². The van der Waals surface area contributed by atoms with Crippen LogP contribution < -0.4 is 4.74 Å². The van der Waals surface area contributed by atoms with E-state index < -0.39 is 6.16 Å². The molecule has 19 heavy (non-hydrogen) atoms. The first-order valence-electron chi connectivity index (χ1n) is 6.48. The number of carbonyl (C=O) groups is 1. The molecule has 2 aromatic heterocycles. The lowest BCUT2D eigenvalue weighted by atomic mass is 9.86. The van der Waals surface area contributed by atoms with Crippen LogP contribution in [0.5, 0.6) is 5.88 Å². The van der Waals surface area contributed by atoms with Crippen LogP contribution in [-0.2, 0) is 6.42 Å². The SMILES string of the molecule is Cc1c(OC(=O)O)ncc2[nH]c3c(c12)C(C)CCC3. The highest BCUT2D eigenvalue weighted by Gasteiger charge is 2.24. The van der Waals surface area contributed by atoms with Gasteiger partial charge in [-0.15, -0.1) is 0 Å². The summed E-state index contributed by atoms with van der Waals surface area (Å²) >= 11 is 0. The average Bonchev–Trinajstić information content (AvgIpc) is 2.73. The van der Waals surface area contributed by atoms with Crippen molar-refractivity contribution in [2.24, 2.45) is 0 Å². The van der Waals surface area contributed by atoms with Gasteiger partial charge >= 0.3 is 6.16 Å². The highest BCUT2D eigenvalue weighted by Crippen LogP contribution is 2.39. The predicted octanol–water partition coefficient (Wildman–Crippen LogP) is 3.37. The highest BCUT2D eigenvalue weighted by atomic mass is 16.7. The lowest BCUT2D eigenvalue weighted by molar-refractivity contribution is 0.142. The lowest BCUT2D eigenvalue weighted by Gasteiger charge is -2.19. The fourth-order valence-electron chi connectivity index (χ4n) is 3.07. The van der Waals surface area contributed by atoms with Crippen LogP contribution in [0, 0.1) is 6.92 Å². The standard InChI is InChI=1S/C14H16N2O3/c1-7-4-3-5-9-11(7)12-8(2)13(19-14(17)18)15-6-10(12)16-9/h6-7,16H,3-5H2,1-2H3,(H,17,18). The molecule has 100 valence electrons. The normalized spacial score (nSPS) is 18.3. The maximum absolute atomic E-state index is 10.7. The Morgan fingerprint density at radius 1 is 1.58 bits per heavy atom. The van der Waals surface area contributed by atoms with Crippen LogP contribution in [0.2, 0.25) is 0 Å². The molecule has 0 aromatic carbocycles. The Labute approximate surface area is 110 Å². The Hall–Kier alpha value is -2.04. The molecule has 3 rings (SSSR count). The van der Waals surface area contributed by atoms with E-state index in [-0.39, 0.29) is 5.88 Å². The zero-order valence-corrected chi connectivity index (χ0v) is 11.0. The van der Waals surface area contributed by atoms with Gasteiger partial charge in [-0.3, -0.25) is 0 Å². The van der Waals surface area contributed by atoms with Crippen molar-refractivity contribution in [3.63, 3.8) is 0 Å². The van der Waals surface area contributed by atoms with Crippen LogP contribution in [0.1, 0.15) is 42.5 Å². The molecule has 0 bridgehead atoms. The molecule has 1 atom stereocenters. The van der Waals surface area contributed by atoms with Gasteiger partial charge in [0, 0.05) is 16.6 Å². The summed E-state index contributed by atoms with van der Waals surface area (Å²) in [5.41, 5.74) is 4.32. The molecule has 0 saturated heterocycles. The van der Waals surface area contributed by atoms with E-state index in [0.717, 1.165) is 29.3 Å². The molecule has 2 heterocycles. The van der Waals surface area contributed by atoms with E-state index in [9.17, 15) is 4.79 Å². The molecule has 2 aromatic rings. The van der Waals surface area contributed by atoms with Gasteiger partial charge in [0.15, 0.2) is 0 Å². The van der Waals surface area contributed by atoms with Crippen LogP contribution in [-0.4, -0.2) is 21.2 Å². The monoisotopic (exact) mass is 260 g/mol. The maximum atomic E-state index is 10.7. The van der Waals surface area contributed by atoms with Crippen molar-refractivity contribution in [2.45, 2.75) is 39.0 Å². The average molecular weight is 260 g/mol. The zero-order valence-electron chi connectivity index (χ0n) is 11.0. The minimum atomic E-state index is -1.33. The Morgan fingerprint density at radius 3 is 3.11 bits per heavy atom. The predicted molar refractivity (Wildman–Crippen MR) is 70.8 cm³/mol. The number of carboxylic acid groups (broad SMARTS) is 1. The van der Waals surface area contributed by atoms with E-state index in [2.05, 4.69) is 16.9 Å². The fourth-order valence-corrected chi connectivity index (χ4v) is 3.07. The van der Waals surface area contributed by atoms with Crippen molar-refractivity contribution in [1.82, 2.24) is 9.97 Å². The summed E-state index contributed by atoms with van der Waals surface area (Å²) in [5, 5.41) is 9.81. The van der Waals surface area contributed by atoms with Crippen molar-refractivity contribution in [3.8, 4) is 5.88 Å². The third kappa shape index (κ3) is 1.85. The van der Waals surface area contributed by atoms with Crippen LogP contribution in [0.25, 0.3) is 10.9 Å². The molecule has 0 fully saturated rings. The number of nitrogens with one attached hydrogen (secondary N) is 1. The number of nitrogens with zero attached hydrogens (tertiary/aromatic N) is 1. The smallest absolute Gasteiger partial charge is 0.449 e. The molecular weight excluding hydrogens is 244 g/mol. The van der Waals surface area contributed by atoms with Crippen molar-refractivity contribution in [3.05, 3.63) is 23.0 Å². The molecule has 1 aliphatic rings. The van der Waals surface area contributed by atoms with Gasteiger partial charge in [-0.25, -0.2) is 9.78 Å². The van der Waals surface area contributed by atoms with Gasteiger partial charge in [0.25, 0.3) is 0 Å². The van der Waals surface area contributed by atoms with E-state index in [1.54, 1.807) is 6.20 Å². The Bertz CT molecular complexity index is 660. The second kappa shape index (κ2) is 4.26. The number of fused-ring (bicyclic) bond motifs is 3. The number of aromatic amines is 1. The largest absolute Gasteiger partial charge is 0.512 e. The first-order chi connectivity index (χ1) is 9.08. The third-order valence-corrected chi connectivity index (χ3v) is 3.90. The van der Waals surface area contributed by atoms with Gasteiger partial charge in [0.1, 0.15) is 0 Å². The van der Waals surface area contributed by atoms with Gasteiger partial charge in [0.2, 0.25) is 5.88 Å². The van der Waals surface area contributed by atoms with Crippen molar-refractivity contribution in [1.29, 1.82) is 0 Å². The molecule has 1 unspecified atom stereocenters. The first-order valence-corrected chi connectivity index (χ1v) is 6.48. The van der Waals surface area contributed by atoms with E-state index >= 15 is 0 Å². The van der Waals surface area contributed by atoms with Gasteiger partial charge in [0.05, 0.1) is 11.7 Å². The molecule has 2 N–H and O–H groups in total. The van der Waals surface area contributed by atoms with Crippen LogP contribution >= 0.6 is 0 Å². The first kappa shape index (κ1) is 12.0. The number of hydrogen-bond acceptors (Lipinski definition) is 3. The Morgan fingerprint density at radius 2 is 2.37 bits per heavy atom. The number of aromatic nitrogens is 2. The Kier molecular flexibility index (Phi) is 2.69. The fraction of sp³-hybridized carbons (Fsp3) is 0.429. The number of rotatable bonds is 1. The molecule has 0 radical (unpaired) electrons. The van der Waals surface area contributed by atoms with Crippen molar-refractivity contribution >= 4 is 17.1 Å². The van der Waals surface area contributed by atoms with Gasteiger partial charge in [-0.1, -0.05) is 6.92 Å². The van der Waals surface area contributed by atoms with E-state index in [1.165, 1.54) is 17.7 Å². The number of hydrogen-bond donors (Lipinski definition) is 2. The summed E-state index contributed by atoms with van der Waals surface area (Å²) in [6, 6.07) is 0. The number of aryl methyl sites for hydroxylation is 2. The van der Waals surface area contributed by atoms with Crippen LogP contribution in [0.15, 0.2) is 6.20 Å².